The standard InChI is InChI=1S/C38H73NO7/c1-6-8-10-12-14-16-18-20-22-24-26-28-36(40)45-33-34(32-44-31-30-35(38(42)43)39(3,4)5)46-37(41)29-27-25-23-21-19-17-15-13-11-9-7-2/h34-35H,6-33H2,1-5H3/p+1/t34-,35-/m0/s1. The first-order chi connectivity index (χ1) is 22.1. The van der Waals surface area contributed by atoms with Gasteiger partial charge in [-0.15, -0.1) is 0 Å². The molecule has 0 unspecified atom stereocenters. The smallest absolute Gasteiger partial charge is 0.362 e. The van der Waals surface area contributed by atoms with Gasteiger partial charge in [0.05, 0.1) is 34.4 Å². The van der Waals surface area contributed by atoms with Crippen molar-refractivity contribution in [1.29, 1.82) is 0 Å². The molecule has 0 spiro atoms. The fourth-order valence-electron chi connectivity index (χ4n) is 5.74. The maximum absolute atomic E-state index is 12.6. The van der Waals surface area contributed by atoms with Gasteiger partial charge in [-0.05, 0) is 12.8 Å². The number of hydrogen-bond donors (Lipinski definition) is 1. The molecule has 272 valence electrons. The Kier molecular flexibility index (Phi) is 29.5. The number of likely N-dealkylation sites (N-methyl/N-ethyl adjacent to an activating group) is 1. The summed E-state index contributed by atoms with van der Waals surface area (Å²) in [7, 11) is 5.52. The molecule has 0 aliphatic carbocycles. The molecule has 0 saturated carbocycles. The van der Waals surface area contributed by atoms with Gasteiger partial charge in [0, 0.05) is 19.3 Å². The molecule has 8 heteroatoms. The van der Waals surface area contributed by atoms with Crippen molar-refractivity contribution in [2.24, 2.45) is 0 Å². The second-order valence-electron chi connectivity index (χ2n) is 14.2. The summed E-state index contributed by atoms with van der Waals surface area (Å²) in [4.78, 5) is 36.7. The van der Waals surface area contributed by atoms with Crippen molar-refractivity contribution in [2.75, 3.05) is 41.0 Å². The third-order valence-electron chi connectivity index (χ3n) is 8.76. The number of unbranched alkanes of at least 4 members (excludes halogenated alkanes) is 20. The van der Waals surface area contributed by atoms with E-state index in [0.29, 0.717) is 19.3 Å². The Morgan fingerprint density at radius 2 is 0.957 bits per heavy atom. The number of carboxylic acid groups (broad SMARTS) is 1. The molecule has 0 amide bonds. The van der Waals surface area contributed by atoms with Gasteiger partial charge in [-0.3, -0.25) is 9.59 Å². The number of nitrogens with zero attached hydrogens (tertiary/aromatic N) is 1. The fraction of sp³-hybridized carbons (Fsp3) is 0.921. The minimum Gasteiger partial charge on any atom is -0.477 e. The van der Waals surface area contributed by atoms with Gasteiger partial charge in [0.2, 0.25) is 0 Å². The Morgan fingerprint density at radius 1 is 0.565 bits per heavy atom. The lowest BCUT2D eigenvalue weighted by molar-refractivity contribution is -0.887. The SMILES string of the molecule is CCCCCCCCCCCCCC(=O)OC[C@H](COCC[C@@H](C(=O)O)[N+](C)(C)C)OC(=O)CCCCCCCCCCCCC. The van der Waals surface area contributed by atoms with E-state index in [1.807, 2.05) is 21.1 Å². The van der Waals surface area contributed by atoms with E-state index in [2.05, 4.69) is 13.8 Å². The monoisotopic (exact) mass is 657 g/mol. The molecule has 0 radical (unpaired) electrons. The maximum atomic E-state index is 12.6. The van der Waals surface area contributed by atoms with Crippen LogP contribution in [0.4, 0.5) is 0 Å². The van der Waals surface area contributed by atoms with Crippen LogP contribution in [0.1, 0.15) is 174 Å². The molecule has 8 nitrogen and oxygen atoms in total. The number of hydrogen-bond acceptors (Lipinski definition) is 6. The van der Waals surface area contributed by atoms with E-state index in [-0.39, 0.29) is 36.2 Å². The van der Waals surface area contributed by atoms with Crippen LogP contribution in [-0.4, -0.2) is 80.6 Å². The molecular weight excluding hydrogens is 582 g/mol. The number of quaternary nitrogens is 1. The van der Waals surface area contributed by atoms with Crippen molar-refractivity contribution < 1.29 is 38.2 Å². The summed E-state index contributed by atoms with van der Waals surface area (Å²) >= 11 is 0. The Labute approximate surface area is 283 Å². The first-order valence-electron chi connectivity index (χ1n) is 19.1. The molecule has 0 heterocycles. The predicted octanol–water partition coefficient (Wildman–Crippen LogP) is 9.41. The summed E-state index contributed by atoms with van der Waals surface area (Å²) in [5.41, 5.74) is 0. The number of carbonyl (C=O) groups excluding carboxylic acids is 2. The van der Waals surface area contributed by atoms with Crippen molar-refractivity contribution in [3.8, 4) is 0 Å². The van der Waals surface area contributed by atoms with Gasteiger partial charge in [0.25, 0.3) is 0 Å². The van der Waals surface area contributed by atoms with E-state index in [0.717, 1.165) is 38.5 Å². The lowest BCUT2D eigenvalue weighted by Gasteiger charge is -2.31. The summed E-state index contributed by atoms with van der Waals surface area (Å²) in [6.45, 7) is 4.72. The average Bonchev–Trinajstić information content (AvgIpc) is 3.00. The van der Waals surface area contributed by atoms with Crippen molar-refractivity contribution >= 4 is 17.9 Å². The largest absolute Gasteiger partial charge is 0.477 e. The maximum Gasteiger partial charge on any atom is 0.362 e. The van der Waals surface area contributed by atoms with E-state index < -0.39 is 18.1 Å². The van der Waals surface area contributed by atoms with Crippen molar-refractivity contribution in [3.05, 3.63) is 0 Å². The molecule has 0 saturated heterocycles. The Morgan fingerprint density at radius 3 is 1.35 bits per heavy atom. The van der Waals surface area contributed by atoms with Gasteiger partial charge in [0.15, 0.2) is 12.1 Å². The Bertz CT molecular complexity index is 737. The third-order valence-corrected chi connectivity index (χ3v) is 8.76. The number of rotatable bonds is 34. The first-order valence-corrected chi connectivity index (χ1v) is 19.1. The van der Waals surface area contributed by atoms with Crippen LogP contribution in [0.3, 0.4) is 0 Å². The van der Waals surface area contributed by atoms with Crippen molar-refractivity contribution in [3.63, 3.8) is 0 Å². The highest BCUT2D eigenvalue weighted by atomic mass is 16.6. The second kappa shape index (κ2) is 30.7. The predicted molar refractivity (Wildman–Crippen MR) is 188 cm³/mol. The number of carboxylic acids is 1. The first kappa shape index (κ1) is 44.3. The minimum absolute atomic E-state index is 0.0431. The molecular formula is C38H74NO7+. The van der Waals surface area contributed by atoms with Crippen LogP contribution in [0.25, 0.3) is 0 Å². The molecule has 1 N–H and O–H groups in total. The summed E-state index contributed by atoms with van der Waals surface area (Å²) in [5, 5.41) is 9.57. The molecule has 0 aromatic rings. The average molecular weight is 657 g/mol. The van der Waals surface area contributed by atoms with Crippen LogP contribution in [0.15, 0.2) is 0 Å². The molecule has 0 aromatic heterocycles. The van der Waals surface area contributed by atoms with Gasteiger partial charge in [-0.1, -0.05) is 142 Å². The minimum atomic E-state index is -0.873. The van der Waals surface area contributed by atoms with Crippen LogP contribution in [0.2, 0.25) is 0 Å². The number of esters is 2. The second-order valence-corrected chi connectivity index (χ2v) is 14.2. The van der Waals surface area contributed by atoms with Gasteiger partial charge in [-0.2, -0.15) is 0 Å². The number of aliphatic carboxylic acids is 1. The lowest BCUT2D eigenvalue weighted by atomic mass is 10.1. The molecule has 0 bridgehead atoms. The molecule has 46 heavy (non-hydrogen) atoms. The molecule has 0 aliphatic rings. The van der Waals surface area contributed by atoms with E-state index in [9.17, 15) is 19.5 Å². The van der Waals surface area contributed by atoms with E-state index in [1.165, 1.54) is 103 Å². The summed E-state index contributed by atoms with van der Waals surface area (Å²) < 4.78 is 17.2. The van der Waals surface area contributed by atoms with Gasteiger partial charge >= 0.3 is 17.9 Å². The highest BCUT2D eigenvalue weighted by molar-refractivity contribution is 5.72. The number of ether oxygens (including phenoxy) is 3. The zero-order valence-electron chi connectivity index (χ0n) is 30.8. The van der Waals surface area contributed by atoms with Crippen LogP contribution >= 0.6 is 0 Å². The topological polar surface area (TPSA) is 99.1 Å². The summed E-state index contributed by atoms with van der Waals surface area (Å²) in [6, 6.07) is -0.606. The van der Waals surface area contributed by atoms with E-state index in [1.54, 1.807) is 0 Å². The normalized spacial score (nSPS) is 13.0. The third kappa shape index (κ3) is 28.5. The highest BCUT2D eigenvalue weighted by Gasteiger charge is 2.31. The molecule has 0 aliphatic heterocycles. The quantitative estimate of drug-likeness (QED) is 0.0418. The number of carbonyl (C=O) groups is 3. The molecule has 2 atom stereocenters. The molecule has 0 fully saturated rings. The Balaban J connectivity index is 4.41. The highest BCUT2D eigenvalue weighted by Crippen LogP contribution is 2.15. The van der Waals surface area contributed by atoms with Crippen molar-refractivity contribution in [2.45, 2.75) is 187 Å². The lowest BCUT2D eigenvalue weighted by Crippen LogP contribution is -2.50. The Hall–Kier alpha value is -1.67. The molecule has 0 aromatic carbocycles. The van der Waals surface area contributed by atoms with Crippen LogP contribution < -0.4 is 0 Å². The van der Waals surface area contributed by atoms with E-state index in [4.69, 9.17) is 14.2 Å². The zero-order chi connectivity index (χ0) is 34.3. The fourth-order valence-corrected chi connectivity index (χ4v) is 5.74. The summed E-state index contributed by atoms with van der Waals surface area (Å²) in [6.07, 6.45) is 27.1. The molecule has 0 rings (SSSR count). The van der Waals surface area contributed by atoms with Crippen LogP contribution in [-0.2, 0) is 28.6 Å². The zero-order valence-corrected chi connectivity index (χ0v) is 30.8. The van der Waals surface area contributed by atoms with Gasteiger partial charge in [-0.25, -0.2) is 4.79 Å². The van der Waals surface area contributed by atoms with Gasteiger partial charge in [0.1, 0.15) is 6.61 Å². The van der Waals surface area contributed by atoms with Gasteiger partial charge < -0.3 is 23.8 Å². The van der Waals surface area contributed by atoms with Crippen LogP contribution in [0, 0.1) is 0 Å². The van der Waals surface area contributed by atoms with Crippen LogP contribution in [0.5, 0.6) is 0 Å². The van der Waals surface area contributed by atoms with E-state index >= 15 is 0 Å². The van der Waals surface area contributed by atoms with Crippen molar-refractivity contribution in [1.82, 2.24) is 0 Å². The summed E-state index contributed by atoms with van der Waals surface area (Å²) in [5.74, 6) is -1.46.